The molecule has 0 aliphatic heterocycles. The van der Waals surface area contributed by atoms with E-state index in [1.807, 2.05) is 38.1 Å². The van der Waals surface area contributed by atoms with Gasteiger partial charge < -0.3 is 10.6 Å². The molecule has 2 N–H and O–H groups in total. The summed E-state index contributed by atoms with van der Waals surface area (Å²) in [6, 6.07) is 5.57. The first-order valence-corrected chi connectivity index (χ1v) is 6.52. The highest BCUT2D eigenvalue weighted by Crippen LogP contribution is 2.29. The normalized spacial score (nSPS) is 17.0. The van der Waals surface area contributed by atoms with E-state index in [-0.39, 0.29) is 11.5 Å². The van der Waals surface area contributed by atoms with Crippen LogP contribution in [0, 0.1) is 0 Å². The minimum absolute atomic E-state index is 0.178. The second kappa shape index (κ2) is 5.51. The Morgan fingerprint density at radius 1 is 1.25 bits per heavy atom. The molecule has 1 aromatic carbocycles. The summed E-state index contributed by atoms with van der Waals surface area (Å²) in [5.74, 6) is -0.178. The van der Waals surface area contributed by atoms with Crippen LogP contribution in [0.3, 0.4) is 0 Å². The molecule has 4 nitrogen and oxygen atoms in total. The van der Waals surface area contributed by atoms with Gasteiger partial charge in [0.25, 0.3) is 0 Å². The van der Waals surface area contributed by atoms with Crippen molar-refractivity contribution in [3.05, 3.63) is 46.6 Å². The molecule has 1 aliphatic carbocycles. The molecule has 0 fully saturated rings. The van der Waals surface area contributed by atoms with Crippen LogP contribution in [0.15, 0.2) is 46.6 Å². The molecule has 0 unspecified atom stereocenters. The lowest BCUT2D eigenvalue weighted by Crippen LogP contribution is -2.17. The lowest BCUT2D eigenvalue weighted by Gasteiger charge is -2.15. The molecule has 104 valence electrons. The first-order chi connectivity index (χ1) is 9.38. The van der Waals surface area contributed by atoms with E-state index in [1.54, 1.807) is 12.1 Å². The molecule has 0 saturated heterocycles. The minimum atomic E-state index is -0.178. The molecular weight excluding hydrogens is 274 g/mol. The van der Waals surface area contributed by atoms with Crippen molar-refractivity contribution >= 4 is 34.5 Å². The number of nitrogens with two attached hydrogens (primary N) is 1. The summed E-state index contributed by atoms with van der Waals surface area (Å²) in [6.07, 6.45) is 3.08. The van der Waals surface area contributed by atoms with Crippen molar-refractivity contribution in [2.45, 2.75) is 6.92 Å². The zero-order chi connectivity index (χ0) is 14.9. The van der Waals surface area contributed by atoms with E-state index in [1.165, 1.54) is 6.08 Å². The van der Waals surface area contributed by atoms with Crippen LogP contribution in [0.1, 0.15) is 6.92 Å². The summed E-state index contributed by atoms with van der Waals surface area (Å²) in [7, 11) is 3.85. The molecule has 20 heavy (non-hydrogen) atoms. The topological polar surface area (TPSA) is 58.7 Å². The molecular formula is C15H16ClN3O. The number of carbonyl (C=O) groups is 1. The highest BCUT2D eigenvalue weighted by atomic mass is 35.5. The largest absolute Gasteiger partial charge is 0.396 e. The number of benzene rings is 1. The Labute approximate surface area is 123 Å². The van der Waals surface area contributed by atoms with Gasteiger partial charge in [0, 0.05) is 14.1 Å². The standard InChI is InChI=1S/C15H16ClN3O/c1-9-6-15(20)12(17)8-13(9)18-10-4-5-14(19(2)3)11(16)7-10/h4-8H,17H2,1-3H3. The lowest BCUT2D eigenvalue weighted by molar-refractivity contribution is -0.111. The Balaban J connectivity index is 2.39. The first kappa shape index (κ1) is 14.3. The third kappa shape index (κ3) is 2.91. The van der Waals surface area contributed by atoms with Crippen LogP contribution in [0.25, 0.3) is 0 Å². The van der Waals surface area contributed by atoms with E-state index >= 15 is 0 Å². The molecule has 0 atom stereocenters. The summed E-state index contributed by atoms with van der Waals surface area (Å²) < 4.78 is 0. The van der Waals surface area contributed by atoms with Gasteiger partial charge in [-0.3, -0.25) is 4.79 Å². The van der Waals surface area contributed by atoms with E-state index in [2.05, 4.69) is 4.99 Å². The van der Waals surface area contributed by atoms with Crippen LogP contribution in [0.2, 0.25) is 5.02 Å². The van der Waals surface area contributed by atoms with Crippen molar-refractivity contribution in [1.82, 2.24) is 0 Å². The maximum atomic E-state index is 11.4. The number of aliphatic imine (C=N–C) groups is 1. The second-order valence-corrected chi connectivity index (χ2v) is 5.23. The molecule has 1 aromatic rings. The van der Waals surface area contributed by atoms with Gasteiger partial charge in [-0.15, -0.1) is 0 Å². The second-order valence-electron chi connectivity index (χ2n) is 4.82. The monoisotopic (exact) mass is 289 g/mol. The Kier molecular flexibility index (Phi) is 3.95. The predicted molar refractivity (Wildman–Crippen MR) is 83.9 cm³/mol. The molecule has 0 bridgehead atoms. The van der Waals surface area contributed by atoms with E-state index in [9.17, 15) is 4.79 Å². The van der Waals surface area contributed by atoms with E-state index < -0.39 is 0 Å². The highest BCUT2D eigenvalue weighted by Gasteiger charge is 2.13. The Bertz CT molecular complexity index is 657. The zero-order valence-corrected chi connectivity index (χ0v) is 12.4. The van der Waals surface area contributed by atoms with Crippen LogP contribution in [-0.4, -0.2) is 25.6 Å². The van der Waals surface area contributed by atoms with Crippen LogP contribution < -0.4 is 10.6 Å². The number of allylic oxidation sites excluding steroid dienone is 3. The number of rotatable bonds is 2. The van der Waals surface area contributed by atoms with Gasteiger partial charge in [-0.25, -0.2) is 4.99 Å². The van der Waals surface area contributed by atoms with Gasteiger partial charge in [0.1, 0.15) is 0 Å². The van der Waals surface area contributed by atoms with E-state index in [4.69, 9.17) is 17.3 Å². The molecule has 0 spiro atoms. The summed E-state index contributed by atoms with van der Waals surface area (Å²) in [5.41, 5.74) is 8.95. The summed E-state index contributed by atoms with van der Waals surface area (Å²) in [4.78, 5) is 17.8. The van der Waals surface area contributed by atoms with Crippen molar-refractivity contribution in [1.29, 1.82) is 0 Å². The van der Waals surface area contributed by atoms with Crippen molar-refractivity contribution in [2.24, 2.45) is 10.7 Å². The number of hydrogen-bond acceptors (Lipinski definition) is 4. The molecule has 0 aromatic heterocycles. The molecule has 0 amide bonds. The van der Waals surface area contributed by atoms with Gasteiger partial charge in [0.15, 0.2) is 0 Å². The van der Waals surface area contributed by atoms with Crippen LogP contribution >= 0.6 is 11.6 Å². The summed E-state index contributed by atoms with van der Waals surface area (Å²) in [5, 5.41) is 0.627. The SMILES string of the molecule is CC1=CC(=O)C(N)=CC1=Nc1ccc(N(C)C)c(Cl)c1. The van der Waals surface area contributed by atoms with Crippen molar-refractivity contribution in [3.63, 3.8) is 0 Å². The molecule has 0 heterocycles. The van der Waals surface area contributed by atoms with Gasteiger partial charge in [-0.2, -0.15) is 0 Å². The predicted octanol–water partition coefficient (Wildman–Crippen LogP) is 2.85. The fraction of sp³-hybridized carbons (Fsp3) is 0.200. The zero-order valence-electron chi connectivity index (χ0n) is 11.6. The van der Waals surface area contributed by atoms with Gasteiger partial charge in [0.05, 0.1) is 27.8 Å². The molecule has 5 heteroatoms. The maximum Gasteiger partial charge on any atom is 0.201 e. The smallest absolute Gasteiger partial charge is 0.201 e. The fourth-order valence-electron chi connectivity index (χ4n) is 1.87. The van der Waals surface area contributed by atoms with Gasteiger partial charge in [0.2, 0.25) is 5.78 Å². The van der Waals surface area contributed by atoms with Crippen LogP contribution in [0.5, 0.6) is 0 Å². The number of ketones is 1. The lowest BCUT2D eigenvalue weighted by atomic mass is 10.0. The van der Waals surface area contributed by atoms with Crippen LogP contribution in [0.4, 0.5) is 11.4 Å². The molecule has 2 rings (SSSR count). The Hall–Kier alpha value is -2.07. The van der Waals surface area contributed by atoms with Gasteiger partial charge in [-0.05, 0) is 42.8 Å². The summed E-state index contributed by atoms with van der Waals surface area (Å²) in [6.45, 7) is 1.83. The van der Waals surface area contributed by atoms with Gasteiger partial charge in [-0.1, -0.05) is 11.6 Å². The fourth-order valence-corrected chi connectivity index (χ4v) is 2.22. The summed E-state index contributed by atoms with van der Waals surface area (Å²) >= 11 is 6.21. The van der Waals surface area contributed by atoms with Crippen molar-refractivity contribution in [3.8, 4) is 0 Å². The van der Waals surface area contributed by atoms with E-state index in [0.29, 0.717) is 10.7 Å². The van der Waals surface area contributed by atoms with Crippen LogP contribution in [-0.2, 0) is 4.79 Å². The quantitative estimate of drug-likeness (QED) is 0.852. The average molecular weight is 290 g/mol. The third-order valence-electron chi connectivity index (χ3n) is 2.99. The maximum absolute atomic E-state index is 11.4. The highest BCUT2D eigenvalue weighted by molar-refractivity contribution is 6.33. The molecule has 0 radical (unpaired) electrons. The average Bonchev–Trinajstić information content (AvgIpc) is 2.35. The Morgan fingerprint density at radius 2 is 1.95 bits per heavy atom. The first-order valence-electron chi connectivity index (χ1n) is 6.14. The number of anilines is 1. The minimum Gasteiger partial charge on any atom is -0.396 e. The van der Waals surface area contributed by atoms with Crippen molar-refractivity contribution < 1.29 is 4.79 Å². The Morgan fingerprint density at radius 3 is 2.55 bits per heavy atom. The number of nitrogens with zero attached hydrogens (tertiary/aromatic N) is 2. The third-order valence-corrected chi connectivity index (χ3v) is 3.29. The molecule has 1 aliphatic rings. The van der Waals surface area contributed by atoms with Crippen molar-refractivity contribution in [2.75, 3.05) is 19.0 Å². The number of halogens is 1. The van der Waals surface area contributed by atoms with E-state index in [0.717, 1.165) is 16.9 Å². The molecule has 0 saturated carbocycles. The number of carbonyl (C=O) groups excluding carboxylic acids is 1. The number of hydrogen-bond donors (Lipinski definition) is 1. The van der Waals surface area contributed by atoms with Gasteiger partial charge >= 0.3 is 0 Å².